The van der Waals surface area contributed by atoms with Gasteiger partial charge in [-0.25, -0.2) is 4.39 Å². The van der Waals surface area contributed by atoms with Gasteiger partial charge in [-0.15, -0.1) is 4.31 Å². The van der Waals surface area contributed by atoms with E-state index < -0.39 is 29.0 Å². The van der Waals surface area contributed by atoms with Gasteiger partial charge in [0.05, 0.1) is 24.5 Å². The Morgan fingerprint density at radius 1 is 0.923 bits per heavy atom. The maximum absolute atomic E-state index is 13.5. The molecule has 1 unspecified atom stereocenters. The van der Waals surface area contributed by atoms with E-state index in [4.69, 9.17) is 15.2 Å². The lowest BCUT2D eigenvalue weighted by Crippen LogP contribution is -2.64. The number of nitrogens with two attached hydrogens (primary N) is 1. The Morgan fingerprint density at radius 3 is 2.26 bits per heavy atom. The van der Waals surface area contributed by atoms with Crippen molar-refractivity contribution in [3.63, 3.8) is 0 Å². The van der Waals surface area contributed by atoms with Gasteiger partial charge >= 0.3 is 5.97 Å². The van der Waals surface area contributed by atoms with Crippen LogP contribution < -0.4 is 10.5 Å². The van der Waals surface area contributed by atoms with Crippen LogP contribution in [0.25, 0.3) is 0 Å². The number of benzene rings is 4. The Labute approximate surface area is 230 Å². The van der Waals surface area contributed by atoms with Gasteiger partial charge in [0, 0.05) is 0 Å². The van der Waals surface area contributed by atoms with Gasteiger partial charge in [0.1, 0.15) is 24.2 Å². The second-order valence-electron chi connectivity index (χ2n) is 9.51. The third-order valence-electron chi connectivity index (χ3n) is 6.61. The summed E-state index contributed by atoms with van der Waals surface area (Å²) in [5.41, 5.74) is 8.05. The molecule has 200 valence electrons. The smallest absolute Gasteiger partial charge is 0.323 e. The first kappa shape index (κ1) is 26.9. The number of hydrogen-bond donors (Lipinski definition) is 1. The minimum atomic E-state index is -1.45. The highest BCUT2D eigenvalue weighted by Crippen LogP contribution is 2.40. The lowest BCUT2D eigenvalue weighted by atomic mass is 9.87. The molecule has 1 aliphatic heterocycles. The molecular formula is C31H29FN2O4S. The highest BCUT2D eigenvalue weighted by molar-refractivity contribution is 7.89. The van der Waals surface area contributed by atoms with Crippen molar-refractivity contribution in [3.05, 3.63) is 132 Å². The molecule has 39 heavy (non-hydrogen) atoms. The van der Waals surface area contributed by atoms with E-state index in [1.807, 2.05) is 83.2 Å². The summed E-state index contributed by atoms with van der Waals surface area (Å²) >= 11 is -1.45. The second-order valence-corrected chi connectivity index (χ2v) is 11.0. The Morgan fingerprint density at radius 2 is 1.56 bits per heavy atom. The quantitative estimate of drug-likeness (QED) is 0.229. The van der Waals surface area contributed by atoms with Crippen molar-refractivity contribution in [1.29, 1.82) is 0 Å². The standard InChI is InChI=1S/C31H29FN2O4S/c32-26-14-16-27(17-15-26)38-31(25-11-5-2-6-12-25)21-34(22-31)39(36)28-13-7-10-24(18-28)19-29(33)30(35)37-20-23-8-3-1-4-9-23/h1-18,29H,19-22,33H2/t29-,39?/m0/s1. The minimum Gasteiger partial charge on any atom is -0.593 e. The Bertz CT molecular complexity index is 1380. The molecule has 8 heteroatoms. The highest BCUT2D eigenvalue weighted by atomic mass is 32.2. The molecule has 5 rings (SSSR count). The zero-order valence-corrected chi connectivity index (χ0v) is 22.1. The fourth-order valence-electron chi connectivity index (χ4n) is 4.52. The number of carbonyl (C=O) groups excluding carboxylic acids is 1. The van der Waals surface area contributed by atoms with Crippen molar-refractivity contribution in [2.75, 3.05) is 13.1 Å². The monoisotopic (exact) mass is 544 g/mol. The van der Waals surface area contributed by atoms with Gasteiger partial charge < -0.3 is 19.8 Å². The van der Waals surface area contributed by atoms with Crippen LogP contribution in [0.15, 0.2) is 114 Å². The third kappa shape index (κ3) is 6.49. The van der Waals surface area contributed by atoms with E-state index in [0.717, 1.165) is 16.7 Å². The molecule has 2 atom stereocenters. The van der Waals surface area contributed by atoms with Crippen molar-refractivity contribution in [2.45, 2.75) is 29.6 Å². The maximum atomic E-state index is 13.5. The summed E-state index contributed by atoms with van der Waals surface area (Å²) in [4.78, 5) is 13.0. The van der Waals surface area contributed by atoms with E-state index in [2.05, 4.69) is 0 Å². The number of carbonyl (C=O) groups is 1. The van der Waals surface area contributed by atoms with Crippen LogP contribution in [0.1, 0.15) is 16.7 Å². The molecule has 0 radical (unpaired) electrons. The molecule has 0 spiro atoms. The zero-order valence-electron chi connectivity index (χ0n) is 21.2. The topological polar surface area (TPSA) is 87.9 Å². The van der Waals surface area contributed by atoms with Crippen LogP contribution in [-0.2, 0) is 39.5 Å². The van der Waals surface area contributed by atoms with Crippen LogP contribution in [0.3, 0.4) is 0 Å². The summed E-state index contributed by atoms with van der Waals surface area (Å²) in [5.74, 6) is -0.281. The summed E-state index contributed by atoms with van der Waals surface area (Å²) < 4.78 is 40.4. The molecule has 0 aliphatic carbocycles. The van der Waals surface area contributed by atoms with Crippen LogP contribution in [0.4, 0.5) is 4.39 Å². The molecule has 0 amide bonds. The molecule has 0 saturated carbocycles. The van der Waals surface area contributed by atoms with Crippen molar-refractivity contribution in [3.8, 4) is 5.75 Å². The van der Waals surface area contributed by atoms with E-state index in [0.29, 0.717) is 23.7 Å². The van der Waals surface area contributed by atoms with E-state index in [1.165, 1.54) is 12.1 Å². The zero-order chi connectivity index (χ0) is 27.2. The van der Waals surface area contributed by atoms with Crippen molar-refractivity contribution in [2.24, 2.45) is 5.73 Å². The van der Waals surface area contributed by atoms with Gasteiger partial charge in [0.2, 0.25) is 0 Å². The molecular weight excluding hydrogens is 515 g/mol. The predicted octanol–water partition coefficient (Wildman–Crippen LogP) is 4.75. The highest BCUT2D eigenvalue weighted by Gasteiger charge is 2.52. The van der Waals surface area contributed by atoms with Gasteiger partial charge in [-0.3, -0.25) is 4.79 Å². The maximum Gasteiger partial charge on any atom is 0.323 e. The number of hydrogen-bond acceptors (Lipinski definition) is 6. The lowest BCUT2D eigenvalue weighted by Gasteiger charge is -2.48. The molecule has 1 aliphatic rings. The third-order valence-corrected chi connectivity index (χ3v) is 7.99. The van der Waals surface area contributed by atoms with Crippen LogP contribution in [0.5, 0.6) is 5.75 Å². The first-order valence-electron chi connectivity index (χ1n) is 12.6. The SMILES string of the molecule is N[C@@H](Cc1cccc([S+]([O-])N2CC(Oc3ccc(F)cc3)(c3ccccc3)C2)c1)C(=O)OCc1ccccc1. The summed E-state index contributed by atoms with van der Waals surface area (Å²) in [6.07, 6.45) is 0.264. The normalized spacial score (nSPS) is 16.1. The number of esters is 1. The average molecular weight is 545 g/mol. The molecule has 1 fully saturated rings. The van der Waals surface area contributed by atoms with Gasteiger partial charge in [0.25, 0.3) is 0 Å². The molecule has 1 heterocycles. The van der Waals surface area contributed by atoms with E-state index in [1.54, 1.807) is 18.2 Å². The van der Waals surface area contributed by atoms with Gasteiger partial charge in [-0.05, 0) is 59.5 Å². The molecule has 0 bridgehead atoms. The average Bonchev–Trinajstić information content (AvgIpc) is 2.95. The minimum absolute atomic E-state index is 0.162. The molecule has 6 nitrogen and oxygen atoms in total. The Hall–Kier alpha value is -3.69. The van der Waals surface area contributed by atoms with Crippen LogP contribution in [0, 0.1) is 5.82 Å². The number of halogens is 1. The molecule has 0 aromatic heterocycles. The summed E-state index contributed by atoms with van der Waals surface area (Å²) in [5, 5.41) is 0. The second kappa shape index (κ2) is 12.0. The molecule has 4 aromatic carbocycles. The fraction of sp³-hybridized carbons (Fsp3) is 0.194. The molecule has 2 N–H and O–H groups in total. The fourth-order valence-corrected chi connectivity index (χ4v) is 5.92. The molecule has 4 aromatic rings. The number of rotatable bonds is 10. The van der Waals surface area contributed by atoms with E-state index >= 15 is 0 Å². The molecule has 1 saturated heterocycles. The van der Waals surface area contributed by atoms with E-state index in [-0.39, 0.29) is 18.8 Å². The number of ether oxygens (including phenoxy) is 2. The first-order chi connectivity index (χ1) is 18.9. The van der Waals surface area contributed by atoms with Crippen LogP contribution in [-0.4, -0.2) is 34.0 Å². The van der Waals surface area contributed by atoms with Gasteiger partial charge in [-0.1, -0.05) is 72.8 Å². The van der Waals surface area contributed by atoms with Crippen LogP contribution in [0.2, 0.25) is 0 Å². The predicted molar refractivity (Wildman–Crippen MR) is 147 cm³/mol. The Balaban J connectivity index is 1.23. The largest absolute Gasteiger partial charge is 0.593 e. The summed E-state index contributed by atoms with van der Waals surface area (Å²) in [6, 6.07) is 31.5. The van der Waals surface area contributed by atoms with Crippen molar-refractivity contribution in [1.82, 2.24) is 4.31 Å². The number of nitrogens with zero attached hydrogens (tertiary/aromatic N) is 1. The van der Waals surface area contributed by atoms with Gasteiger partial charge in [-0.2, -0.15) is 0 Å². The lowest BCUT2D eigenvalue weighted by molar-refractivity contribution is -0.146. The van der Waals surface area contributed by atoms with Crippen molar-refractivity contribution >= 4 is 17.3 Å². The van der Waals surface area contributed by atoms with Crippen molar-refractivity contribution < 1.29 is 23.2 Å². The Kier molecular flexibility index (Phi) is 8.28. The van der Waals surface area contributed by atoms with E-state index in [9.17, 15) is 13.7 Å². The summed E-state index contributed by atoms with van der Waals surface area (Å²) in [6.45, 7) is 0.933. The van der Waals surface area contributed by atoms with Crippen LogP contribution >= 0.6 is 0 Å². The van der Waals surface area contributed by atoms with Gasteiger partial charge in [0.15, 0.2) is 10.5 Å². The first-order valence-corrected chi connectivity index (χ1v) is 13.7. The summed E-state index contributed by atoms with van der Waals surface area (Å²) in [7, 11) is 0.